The van der Waals surface area contributed by atoms with Crippen LogP contribution in [0.5, 0.6) is 5.75 Å². The normalized spacial score (nSPS) is 33.2. The van der Waals surface area contributed by atoms with Crippen LogP contribution in [-0.2, 0) is 28.7 Å². The molecule has 43 heavy (non-hydrogen) atoms. The van der Waals surface area contributed by atoms with Gasteiger partial charge < -0.3 is 34.4 Å². The predicted octanol–water partition coefficient (Wildman–Crippen LogP) is 1.98. The number of esters is 1. The Morgan fingerprint density at radius 1 is 1.14 bits per heavy atom. The molecule has 0 saturated carbocycles. The Bertz CT molecular complexity index is 1300. The molecule has 2 fully saturated rings. The third-order valence-corrected chi connectivity index (χ3v) is 9.20. The van der Waals surface area contributed by atoms with Crippen molar-refractivity contribution in [3.8, 4) is 5.75 Å². The average Bonchev–Trinajstić information content (AvgIpc) is 3.39. The highest BCUT2D eigenvalue weighted by atomic mass is 16.6. The molecule has 4 heterocycles. The number of methoxy groups -OCH3 is 1. The van der Waals surface area contributed by atoms with Gasteiger partial charge in [0.25, 0.3) is 5.91 Å². The smallest absolute Gasteiger partial charge is 0.313 e. The largest absolute Gasteiger partial charge is 0.497 e. The number of rotatable bonds is 6. The van der Waals surface area contributed by atoms with Gasteiger partial charge in [-0.05, 0) is 43.5 Å². The molecular weight excluding hydrogens is 554 g/mol. The Hall–Kier alpha value is -3.70. The summed E-state index contributed by atoms with van der Waals surface area (Å²) in [6.45, 7) is 5.58. The number of ether oxygens (including phenoxy) is 3. The zero-order valence-corrected chi connectivity index (χ0v) is 25.1. The Balaban J connectivity index is 1.62. The van der Waals surface area contributed by atoms with Gasteiger partial charge in [-0.25, -0.2) is 0 Å². The van der Waals surface area contributed by atoms with Gasteiger partial charge in [0.15, 0.2) is 0 Å². The Labute approximate surface area is 251 Å². The topological polar surface area (TPSA) is 135 Å². The molecule has 4 aliphatic rings. The van der Waals surface area contributed by atoms with Crippen molar-refractivity contribution in [3.05, 3.63) is 48.6 Å². The molecule has 232 valence electrons. The number of cyclic esters (lactones) is 1. The standard InChI is InChI=1S/C32H41N3O8/c1-5-19(2)23(18-36)35-28-30(39)34(21-11-13-22(41-4)14-12-21)16-8-15-32(28)27(29(35)38)26-24(43-32)9-6-7-10-25(37)33-17-20(3)42-31(26)40/h6,8-9,11-15,19-20,23-24,26-28,36H,5,7,10,16-18H2,1-4H3,(H,33,37)/b9-6-/t19-,20-,23-,24-,26+,27+,28-,32+/m0/s1. The van der Waals surface area contributed by atoms with Crippen molar-refractivity contribution in [2.24, 2.45) is 17.8 Å². The number of anilines is 1. The molecule has 8 atom stereocenters. The van der Waals surface area contributed by atoms with Crippen molar-refractivity contribution in [1.82, 2.24) is 10.2 Å². The number of carbonyl (C=O) groups excluding carboxylic acids is 4. The van der Waals surface area contributed by atoms with Crippen LogP contribution < -0.4 is 15.0 Å². The van der Waals surface area contributed by atoms with E-state index in [1.807, 2.05) is 13.8 Å². The molecule has 1 aromatic rings. The maximum Gasteiger partial charge on any atom is 0.313 e. The third kappa shape index (κ3) is 5.44. The van der Waals surface area contributed by atoms with Crippen LogP contribution in [0, 0.1) is 17.8 Å². The minimum Gasteiger partial charge on any atom is -0.497 e. The summed E-state index contributed by atoms with van der Waals surface area (Å²) in [5.74, 6) is -3.17. The molecule has 1 aromatic carbocycles. The van der Waals surface area contributed by atoms with E-state index < -0.39 is 53.6 Å². The minimum absolute atomic E-state index is 0.137. The highest BCUT2D eigenvalue weighted by Gasteiger charge is 2.72. The maximum atomic E-state index is 14.6. The zero-order chi connectivity index (χ0) is 30.9. The molecule has 2 N–H and O–H groups in total. The lowest BCUT2D eigenvalue weighted by Crippen LogP contribution is -2.59. The summed E-state index contributed by atoms with van der Waals surface area (Å²) in [6.07, 6.45) is 6.87. The zero-order valence-electron chi connectivity index (χ0n) is 25.1. The molecule has 5 rings (SSSR count). The molecule has 4 aliphatic heterocycles. The summed E-state index contributed by atoms with van der Waals surface area (Å²) in [5, 5.41) is 13.3. The second kappa shape index (κ2) is 12.5. The molecule has 0 aromatic heterocycles. The fourth-order valence-corrected chi connectivity index (χ4v) is 6.77. The first-order valence-corrected chi connectivity index (χ1v) is 15.0. The third-order valence-electron chi connectivity index (χ3n) is 9.20. The summed E-state index contributed by atoms with van der Waals surface area (Å²) in [4.78, 5) is 58.3. The van der Waals surface area contributed by atoms with Gasteiger partial charge in [0.1, 0.15) is 29.4 Å². The van der Waals surface area contributed by atoms with E-state index in [-0.39, 0.29) is 43.8 Å². The number of amides is 3. The Morgan fingerprint density at radius 2 is 1.88 bits per heavy atom. The van der Waals surface area contributed by atoms with Gasteiger partial charge in [-0.15, -0.1) is 0 Å². The lowest BCUT2D eigenvalue weighted by atomic mass is 9.78. The first kappa shape index (κ1) is 30.7. The number of fused-ring (bicyclic) bond motifs is 2. The molecule has 11 heteroatoms. The van der Waals surface area contributed by atoms with Crippen LogP contribution in [0.4, 0.5) is 5.69 Å². The van der Waals surface area contributed by atoms with E-state index in [0.29, 0.717) is 24.3 Å². The second-order valence-electron chi connectivity index (χ2n) is 11.8. The summed E-state index contributed by atoms with van der Waals surface area (Å²) < 4.78 is 17.8. The molecule has 0 bridgehead atoms. The lowest BCUT2D eigenvalue weighted by Gasteiger charge is -2.40. The average molecular weight is 596 g/mol. The van der Waals surface area contributed by atoms with Crippen LogP contribution in [-0.4, -0.2) is 90.4 Å². The van der Waals surface area contributed by atoms with Crippen molar-refractivity contribution in [2.45, 2.75) is 69.9 Å². The first-order chi connectivity index (χ1) is 20.7. The van der Waals surface area contributed by atoms with Gasteiger partial charge >= 0.3 is 5.97 Å². The van der Waals surface area contributed by atoms with Crippen LogP contribution in [0.15, 0.2) is 48.6 Å². The van der Waals surface area contributed by atoms with E-state index in [0.717, 1.165) is 0 Å². The summed E-state index contributed by atoms with van der Waals surface area (Å²) in [6, 6.07) is 5.26. The van der Waals surface area contributed by atoms with Crippen molar-refractivity contribution >= 4 is 29.4 Å². The van der Waals surface area contributed by atoms with Crippen molar-refractivity contribution in [1.29, 1.82) is 0 Å². The van der Waals surface area contributed by atoms with Crippen LogP contribution in [0.3, 0.4) is 0 Å². The quantitative estimate of drug-likeness (QED) is 0.377. The number of aliphatic hydroxyl groups excluding tert-OH is 1. The summed E-state index contributed by atoms with van der Waals surface area (Å²) >= 11 is 0. The van der Waals surface area contributed by atoms with Crippen LogP contribution in [0.1, 0.15) is 40.0 Å². The Morgan fingerprint density at radius 3 is 2.56 bits per heavy atom. The molecule has 0 aliphatic carbocycles. The molecule has 0 unspecified atom stereocenters. The molecule has 3 amide bonds. The summed E-state index contributed by atoms with van der Waals surface area (Å²) in [7, 11) is 1.56. The van der Waals surface area contributed by atoms with Gasteiger partial charge in [-0.3, -0.25) is 19.2 Å². The van der Waals surface area contributed by atoms with E-state index >= 15 is 0 Å². The summed E-state index contributed by atoms with van der Waals surface area (Å²) in [5.41, 5.74) is -0.867. The number of nitrogens with one attached hydrogen (secondary N) is 1. The fraction of sp³-hybridized carbons (Fsp3) is 0.562. The lowest BCUT2D eigenvalue weighted by molar-refractivity contribution is -0.159. The molecular formula is C32H41N3O8. The molecule has 11 nitrogen and oxygen atoms in total. The van der Waals surface area contributed by atoms with Gasteiger partial charge in [-0.2, -0.15) is 0 Å². The van der Waals surface area contributed by atoms with Crippen molar-refractivity contribution < 1.29 is 38.5 Å². The molecule has 0 radical (unpaired) electrons. The van der Waals surface area contributed by atoms with E-state index in [9.17, 15) is 24.3 Å². The number of nitrogens with zero attached hydrogens (tertiary/aromatic N) is 2. The van der Waals surface area contributed by atoms with E-state index in [4.69, 9.17) is 14.2 Å². The number of aliphatic hydroxyl groups is 1. The van der Waals surface area contributed by atoms with Crippen LogP contribution in [0.25, 0.3) is 0 Å². The van der Waals surface area contributed by atoms with Crippen molar-refractivity contribution in [2.75, 3.05) is 31.7 Å². The highest BCUT2D eigenvalue weighted by Crippen LogP contribution is 2.54. The van der Waals surface area contributed by atoms with Gasteiger partial charge in [-0.1, -0.05) is 44.6 Å². The van der Waals surface area contributed by atoms with Crippen LogP contribution >= 0.6 is 0 Å². The monoisotopic (exact) mass is 595 g/mol. The molecule has 2 saturated heterocycles. The Kier molecular flexibility index (Phi) is 8.94. The van der Waals surface area contributed by atoms with Gasteiger partial charge in [0.05, 0.1) is 38.3 Å². The maximum absolute atomic E-state index is 14.6. The minimum atomic E-state index is -1.48. The number of likely N-dealkylation sites (tertiary alicyclic amines) is 1. The number of hydrogen-bond donors (Lipinski definition) is 2. The highest BCUT2D eigenvalue weighted by molar-refractivity contribution is 6.05. The van der Waals surface area contributed by atoms with E-state index in [1.165, 1.54) is 4.90 Å². The number of hydrogen-bond acceptors (Lipinski definition) is 8. The molecule has 1 spiro atoms. The first-order valence-electron chi connectivity index (χ1n) is 15.0. The van der Waals surface area contributed by atoms with Gasteiger partial charge in [0.2, 0.25) is 11.8 Å². The fourth-order valence-electron chi connectivity index (χ4n) is 6.77. The van der Waals surface area contributed by atoms with E-state index in [1.54, 1.807) is 67.5 Å². The number of allylic oxidation sites excluding steroid dienone is 1. The van der Waals surface area contributed by atoms with Crippen molar-refractivity contribution in [3.63, 3.8) is 0 Å². The second-order valence-corrected chi connectivity index (χ2v) is 11.8. The van der Waals surface area contributed by atoms with Gasteiger partial charge in [0, 0.05) is 18.7 Å². The number of carbonyl (C=O) groups is 4. The predicted molar refractivity (Wildman–Crippen MR) is 157 cm³/mol. The van der Waals surface area contributed by atoms with E-state index in [2.05, 4.69) is 5.32 Å². The van der Waals surface area contributed by atoms with Crippen LogP contribution in [0.2, 0.25) is 0 Å². The number of benzene rings is 1. The SMILES string of the molecule is CC[C@H](C)[C@H](CO)N1C(=O)[C@H]2[C@@H]3C(=O)O[C@@H](C)CNC(=O)CC/C=C\[C@@H]3O[C@]23C=CCN(c2ccc(OC)cc2)C(=O)[C@H]13.